The molecule has 320 valence electrons. The van der Waals surface area contributed by atoms with Gasteiger partial charge in [-0.15, -0.1) is 0 Å². The molecule has 3 rings (SSSR count). The molecule has 3 fully saturated rings. The van der Waals surface area contributed by atoms with Crippen molar-refractivity contribution in [2.45, 2.75) is 195 Å². The second-order valence-electron chi connectivity index (χ2n) is 19.2. The van der Waals surface area contributed by atoms with E-state index < -0.39 is 11.2 Å². The molecule has 7 heteroatoms. The zero-order valence-corrected chi connectivity index (χ0v) is 37.5. The first-order chi connectivity index (χ1) is 26.6. The monoisotopic (exact) mass is 791 g/mol. The van der Waals surface area contributed by atoms with E-state index in [9.17, 15) is 19.8 Å². The zero-order valence-electron chi connectivity index (χ0n) is 37.5. The molecule has 3 aliphatic rings. The van der Waals surface area contributed by atoms with Gasteiger partial charge in [0.25, 0.3) is 0 Å². The zero-order chi connectivity index (χ0) is 42.5. The maximum Gasteiger partial charge on any atom is 0.306 e. The molecule has 1 heterocycles. The Balaban J connectivity index is 1.53. The van der Waals surface area contributed by atoms with Gasteiger partial charge in [-0.25, -0.2) is 0 Å². The van der Waals surface area contributed by atoms with E-state index in [1.165, 1.54) is 36.5 Å². The second kappa shape index (κ2) is 21.3. The lowest BCUT2D eigenvalue weighted by Crippen LogP contribution is -2.51. The fourth-order valence-electron chi connectivity index (χ4n) is 9.52. The van der Waals surface area contributed by atoms with Crippen LogP contribution in [-0.4, -0.2) is 57.8 Å². The Morgan fingerprint density at radius 2 is 1.42 bits per heavy atom. The fraction of sp³-hybridized carbons (Fsp3) is 0.680. The van der Waals surface area contributed by atoms with Gasteiger partial charge in [0.05, 0.1) is 11.7 Å². The van der Waals surface area contributed by atoms with Crippen molar-refractivity contribution in [1.29, 1.82) is 0 Å². The minimum absolute atomic E-state index is 0.0442. The van der Waals surface area contributed by atoms with Crippen LogP contribution >= 0.6 is 0 Å². The molecule has 0 aromatic rings. The Morgan fingerprint density at radius 3 is 2.02 bits per heavy atom. The molecule has 57 heavy (non-hydrogen) atoms. The molecule has 7 nitrogen and oxygen atoms in total. The van der Waals surface area contributed by atoms with Crippen molar-refractivity contribution >= 4 is 11.9 Å². The first-order valence-electron chi connectivity index (χ1n) is 21.8. The van der Waals surface area contributed by atoms with Crippen LogP contribution in [0.1, 0.15) is 166 Å². The molecule has 0 radical (unpaired) electrons. The molecule has 0 aromatic heterocycles. The lowest BCUT2D eigenvalue weighted by atomic mass is 9.61. The summed E-state index contributed by atoms with van der Waals surface area (Å²) < 4.78 is 17.6. The third-order valence-electron chi connectivity index (χ3n) is 12.5. The molecule has 0 aromatic carbocycles. The molecule has 0 bridgehead atoms. The molecule has 1 aliphatic heterocycles. The van der Waals surface area contributed by atoms with Crippen LogP contribution in [0.3, 0.4) is 0 Å². The Bertz CT molecular complexity index is 1550. The van der Waals surface area contributed by atoms with Crippen molar-refractivity contribution in [1.82, 2.24) is 0 Å². The van der Waals surface area contributed by atoms with E-state index in [1.54, 1.807) is 0 Å². The summed E-state index contributed by atoms with van der Waals surface area (Å²) in [6.45, 7) is 22.8. The van der Waals surface area contributed by atoms with Crippen molar-refractivity contribution in [2.24, 2.45) is 16.7 Å². The van der Waals surface area contributed by atoms with Crippen LogP contribution < -0.4 is 0 Å². The van der Waals surface area contributed by atoms with E-state index in [0.29, 0.717) is 25.7 Å². The molecule has 2 saturated carbocycles. The largest absolute Gasteiger partial charge is 0.462 e. The molecule has 2 N–H and O–H groups in total. The van der Waals surface area contributed by atoms with Crippen molar-refractivity contribution in [3.8, 4) is 0 Å². The number of rotatable bonds is 21. The van der Waals surface area contributed by atoms with Gasteiger partial charge in [-0.05, 0) is 96.6 Å². The van der Waals surface area contributed by atoms with Crippen molar-refractivity contribution in [3.63, 3.8) is 0 Å². The van der Waals surface area contributed by atoms with Crippen molar-refractivity contribution < 1.29 is 34.0 Å². The highest BCUT2D eigenvalue weighted by atomic mass is 16.6. The number of allylic oxidation sites excluding steroid dienone is 10. The second-order valence-corrected chi connectivity index (χ2v) is 19.2. The van der Waals surface area contributed by atoms with E-state index in [1.807, 2.05) is 6.92 Å². The van der Waals surface area contributed by atoms with Gasteiger partial charge in [-0.2, -0.15) is 0 Å². The van der Waals surface area contributed by atoms with Gasteiger partial charge < -0.3 is 24.4 Å². The molecule has 1 saturated heterocycles. The van der Waals surface area contributed by atoms with Gasteiger partial charge in [0.2, 0.25) is 0 Å². The maximum atomic E-state index is 12.6. The molecule has 2 aliphatic carbocycles. The Kier molecular flexibility index (Phi) is 18.1. The molecule has 0 amide bonds. The number of carbonyl (C=O) groups is 2. The SMILES string of the molecule is CCCCCCCC(=O)OCC(=C\CC/C(C)=C/C=C/C=C(\C)CC/C=C(\C)C=CC1C(C)(C)C[C@H](OC(C)=O)C[C@@]1(C)O)/C=C/[C@@]12O[C@]1(C)C[C@@H](O)CC2(C)C. The summed E-state index contributed by atoms with van der Waals surface area (Å²) in [4.78, 5) is 24.1. The quantitative estimate of drug-likeness (QED) is 0.0516. The Morgan fingerprint density at radius 1 is 0.789 bits per heavy atom. The number of ether oxygens (including phenoxy) is 3. The topological polar surface area (TPSA) is 106 Å². The van der Waals surface area contributed by atoms with Crippen molar-refractivity contribution in [3.05, 3.63) is 83.1 Å². The predicted molar refractivity (Wildman–Crippen MR) is 234 cm³/mol. The lowest BCUT2D eigenvalue weighted by molar-refractivity contribution is -0.163. The minimum atomic E-state index is -0.954. The van der Waals surface area contributed by atoms with Gasteiger partial charge in [0.15, 0.2) is 0 Å². The highest BCUT2D eigenvalue weighted by molar-refractivity contribution is 5.69. The first kappa shape index (κ1) is 48.4. The van der Waals surface area contributed by atoms with Crippen LogP contribution in [-0.2, 0) is 23.8 Å². The number of epoxide rings is 1. The van der Waals surface area contributed by atoms with E-state index in [-0.39, 0.29) is 53.1 Å². The number of hydrogen-bond acceptors (Lipinski definition) is 7. The Labute approximate surface area is 346 Å². The average Bonchev–Trinajstić information content (AvgIpc) is 3.71. The third-order valence-corrected chi connectivity index (χ3v) is 12.5. The van der Waals surface area contributed by atoms with Crippen LogP contribution in [0.25, 0.3) is 0 Å². The number of fused-ring (bicyclic) bond motifs is 1. The molecule has 0 spiro atoms. The fourth-order valence-corrected chi connectivity index (χ4v) is 9.52. The summed E-state index contributed by atoms with van der Waals surface area (Å²) in [5, 5.41) is 21.8. The number of carbonyl (C=O) groups excluding carboxylic acids is 2. The van der Waals surface area contributed by atoms with Crippen LogP contribution in [0.15, 0.2) is 83.1 Å². The summed E-state index contributed by atoms with van der Waals surface area (Å²) in [6, 6.07) is 0. The van der Waals surface area contributed by atoms with Gasteiger partial charge in [-0.1, -0.05) is 132 Å². The average molecular weight is 791 g/mol. The van der Waals surface area contributed by atoms with Gasteiger partial charge in [0.1, 0.15) is 23.9 Å². The van der Waals surface area contributed by atoms with Gasteiger partial charge in [0, 0.05) is 37.5 Å². The molecule has 1 unspecified atom stereocenters. The van der Waals surface area contributed by atoms with E-state index in [0.717, 1.165) is 56.9 Å². The van der Waals surface area contributed by atoms with Crippen LogP contribution in [0.4, 0.5) is 0 Å². The lowest BCUT2D eigenvalue weighted by Gasteiger charge is -2.49. The van der Waals surface area contributed by atoms with Gasteiger partial charge in [-0.3, -0.25) is 9.59 Å². The normalized spacial score (nSPS) is 30.6. The highest BCUT2D eigenvalue weighted by Gasteiger charge is 2.74. The van der Waals surface area contributed by atoms with Gasteiger partial charge >= 0.3 is 11.9 Å². The third kappa shape index (κ3) is 14.7. The standard InChI is InChI=1S/C50H78O7/c1-12-13-14-15-16-27-45(53)55-36-41(30-31-50-47(8,9)32-42(52)33-49(50,11)57-50)26-20-25-38(3)22-18-17-21-37(2)23-19-24-39(4)28-29-44-46(6,7)34-43(56-40(5)51)35-48(44,10)54/h17-18,21-22,24,26,28-31,42-44,52,54H,12-16,19-20,23,25,27,32-36H2,1-11H3/b18-17+,29-28?,31-30+,37-21+,38-22+,39-24+,41-26-/t42-,43-,44?,48+,49+,50-/m0/s1. The first-order valence-corrected chi connectivity index (χ1v) is 21.8. The Hall–Kier alpha value is -3.00. The van der Waals surface area contributed by atoms with Crippen LogP contribution in [0, 0.1) is 16.7 Å². The molecule has 6 atom stereocenters. The summed E-state index contributed by atoms with van der Waals surface area (Å²) in [7, 11) is 0. The number of aliphatic hydroxyl groups is 2. The predicted octanol–water partition coefficient (Wildman–Crippen LogP) is 11.7. The highest BCUT2D eigenvalue weighted by Crippen LogP contribution is 2.66. The summed E-state index contributed by atoms with van der Waals surface area (Å²) >= 11 is 0. The molecular weight excluding hydrogens is 713 g/mol. The van der Waals surface area contributed by atoms with E-state index in [4.69, 9.17) is 14.2 Å². The van der Waals surface area contributed by atoms with Crippen molar-refractivity contribution in [2.75, 3.05) is 6.61 Å². The summed E-state index contributed by atoms with van der Waals surface area (Å²) in [5.41, 5.74) is 2.54. The maximum absolute atomic E-state index is 12.6. The van der Waals surface area contributed by atoms with Crippen LogP contribution in [0.2, 0.25) is 0 Å². The van der Waals surface area contributed by atoms with E-state index >= 15 is 0 Å². The minimum Gasteiger partial charge on any atom is -0.462 e. The smallest absolute Gasteiger partial charge is 0.306 e. The number of aliphatic hydroxyl groups excluding tert-OH is 1. The molecular formula is C50H78O7. The number of unbranched alkanes of at least 4 members (excludes halogenated alkanes) is 4. The summed E-state index contributed by atoms with van der Waals surface area (Å²) in [5.74, 6) is -0.484. The number of hydrogen-bond donors (Lipinski definition) is 2. The number of esters is 2. The van der Waals surface area contributed by atoms with Crippen LogP contribution in [0.5, 0.6) is 0 Å². The summed E-state index contributed by atoms with van der Waals surface area (Å²) in [6.07, 6.45) is 32.9. The van der Waals surface area contributed by atoms with E-state index in [2.05, 4.69) is 123 Å².